The predicted octanol–water partition coefficient (Wildman–Crippen LogP) is 1.57. The highest BCUT2D eigenvalue weighted by Crippen LogP contribution is 2.40. The lowest BCUT2D eigenvalue weighted by Gasteiger charge is -2.37. The molecule has 0 bridgehead atoms. The topological polar surface area (TPSA) is 74.6 Å². The van der Waals surface area contributed by atoms with Gasteiger partial charge in [0.15, 0.2) is 11.4 Å². The molecule has 0 saturated carbocycles. The molecule has 0 spiro atoms. The summed E-state index contributed by atoms with van der Waals surface area (Å²) in [5.41, 5.74) is -3.33. The molecule has 1 atom stereocenters. The Morgan fingerprint density at radius 1 is 1.12 bits per heavy atom. The van der Waals surface area contributed by atoms with E-state index < -0.39 is 22.8 Å². The van der Waals surface area contributed by atoms with E-state index >= 15 is 0 Å². The van der Waals surface area contributed by atoms with Gasteiger partial charge in [-0.05, 0) is 26.3 Å². The minimum absolute atomic E-state index is 0.292. The van der Waals surface area contributed by atoms with Gasteiger partial charge >= 0.3 is 5.97 Å². The van der Waals surface area contributed by atoms with Crippen molar-refractivity contribution in [2.75, 3.05) is 0 Å². The summed E-state index contributed by atoms with van der Waals surface area (Å²) in [7, 11) is 0. The number of aliphatic hydroxyl groups is 1. The van der Waals surface area contributed by atoms with Gasteiger partial charge < -0.3 is 10.2 Å². The van der Waals surface area contributed by atoms with Gasteiger partial charge in [-0.1, -0.05) is 30.3 Å². The lowest BCUT2D eigenvalue weighted by Crippen LogP contribution is -2.51. The van der Waals surface area contributed by atoms with Crippen LogP contribution in [0, 0.1) is 5.41 Å². The summed E-state index contributed by atoms with van der Waals surface area (Å²) in [6.07, 6.45) is 0. The van der Waals surface area contributed by atoms with Gasteiger partial charge in [0, 0.05) is 0 Å². The number of aliphatic carboxylic acids is 1. The highest BCUT2D eigenvalue weighted by molar-refractivity contribution is 5.93. The molecule has 0 aromatic heterocycles. The molecular weight excluding hydrogens is 220 g/mol. The second kappa shape index (κ2) is 4.30. The van der Waals surface area contributed by atoms with Gasteiger partial charge in [-0.2, -0.15) is 0 Å². The first-order valence-electron chi connectivity index (χ1n) is 5.27. The quantitative estimate of drug-likeness (QED) is 0.832. The van der Waals surface area contributed by atoms with E-state index in [0.717, 1.165) is 0 Å². The van der Waals surface area contributed by atoms with E-state index in [0.29, 0.717) is 5.56 Å². The van der Waals surface area contributed by atoms with Gasteiger partial charge in [-0.25, -0.2) is 0 Å². The molecule has 1 aromatic rings. The molecule has 4 nitrogen and oxygen atoms in total. The molecule has 92 valence electrons. The van der Waals surface area contributed by atoms with Crippen molar-refractivity contribution in [3.8, 4) is 0 Å². The zero-order valence-corrected chi connectivity index (χ0v) is 10.1. The number of hydrogen-bond acceptors (Lipinski definition) is 3. The monoisotopic (exact) mass is 236 g/mol. The molecule has 0 saturated heterocycles. The third-order valence-electron chi connectivity index (χ3n) is 3.14. The first-order chi connectivity index (χ1) is 7.74. The SMILES string of the molecule is CC(=O)C(O)(c1ccccc1)C(C)(C)C(=O)O. The maximum atomic E-state index is 11.7. The van der Waals surface area contributed by atoms with Crippen molar-refractivity contribution >= 4 is 11.8 Å². The van der Waals surface area contributed by atoms with E-state index in [-0.39, 0.29) is 0 Å². The average Bonchev–Trinajstić information content (AvgIpc) is 2.28. The minimum Gasteiger partial charge on any atom is -0.481 e. The summed E-state index contributed by atoms with van der Waals surface area (Å²) in [5, 5.41) is 19.7. The summed E-state index contributed by atoms with van der Waals surface area (Å²) in [4.78, 5) is 22.9. The zero-order chi connectivity index (χ0) is 13.3. The van der Waals surface area contributed by atoms with Gasteiger partial charge in [-0.15, -0.1) is 0 Å². The molecule has 2 N–H and O–H groups in total. The molecular formula is C13H16O4. The second-order valence-corrected chi connectivity index (χ2v) is 4.56. The Kier molecular flexibility index (Phi) is 3.38. The zero-order valence-electron chi connectivity index (χ0n) is 10.1. The first kappa shape index (κ1) is 13.4. The standard InChI is InChI=1S/C13H16O4/c1-9(14)13(17,12(2,3)11(15)16)10-7-5-4-6-8-10/h4-8,17H,1-3H3,(H,15,16). The Labute approximate surface area is 99.9 Å². The number of Topliss-reactive ketones (excluding diaryl/α,β-unsaturated/α-hetero) is 1. The van der Waals surface area contributed by atoms with E-state index in [4.69, 9.17) is 0 Å². The van der Waals surface area contributed by atoms with Crippen LogP contribution in [0.1, 0.15) is 26.3 Å². The molecule has 17 heavy (non-hydrogen) atoms. The van der Waals surface area contributed by atoms with Crippen molar-refractivity contribution < 1.29 is 19.8 Å². The molecule has 0 aliphatic rings. The lowest BCUT2D eigenvalue weighted by atomic mass is 9.69. The van der Waals surface area contributed by atoms with Crippen LogP contribution in [0.4, 0.5) is 0 Å². The Bertz CT molecular complexity index is 436. The molecule has 0 aliphatic carbocycles. The molecule has 0 radical (unpaired) electrons. The molecule has 1 unspecified atom stereocenters. The van der Waals surface area contributed by atoms with Gasteiger partial charge in [0.25, 0.3) is 0 Å². The normalized spacial score (nSPS) is 15.1. The second-order valence-electron chi connectivity index (χ2n) is 4.56. The number of carboxylic acids is 1. The van der Waals surface area contributed by atoms with E-state index in [2.05, 4.69) is 0 Å². The molecule has 1 rings (SSSR count). The van der Waals surface area contributed by atoms with Crippen molar-refractivity contribution in [2.45, 2.75) is 26.4 Å². The third-order valence-corrected chi connectivity index (χ3v) is 3.14. The Balaban J connectivity index is 3.45. The molecule has 0 aliphatic heterocycles. The first-order valence-corrected chi connectivity index (χ1v) is 5.27. The van der Waals surface area contributed by atoms with Crippen molar-refractivity contribution in [1.29, 1.82) is 0 Å². The molecule has 0 fully saturated rings. The van der Waals surface area contributed by atoms with E-state index in [1.54, 1.807) is 30.3 Å². The molecule has 1 aromatic carbocycles. The highest BCUT2D eigenvalue weighted by Gasteiger charge is 2.53. The molecule has 4 heteroatoms. The van der Waals surface area contributed by atoms with Crippen LogP contribution in [-0.2, 0) is 15.2 Å². The van der Waals surface area contributed by atoms with Crippen molar-refractivity contribution in [2.24, 2.45) is 5.41 Å². The molecule has 0 heterocycles. The van der Waals surface area contributed by atoms with Crippen LogP contribution < -0.4 is 0 Å². The fraction of sp³-hybridized carbons (Fsp3) is 0.385. The summed E-state index contributed by atoms with van der Waals surface area (Å²) in [5.74, 6) is -1.81. The average molecular weight is 236 g/mol. The van der Waals surface area contributed by atoms with Crippen LogP contribution >= 0.6 is 0 Å². The van der Waals surface area contributed by atoms with Gasteiger partial charge in [0.05, 0.1) is 0 Å². The van der Waals surface area contributed by atoms with Gasteiger partial charge in [-0.3, -0.25) is 9.59 Å². The van der Waals surface area contributed by atoms with Crippen LogP contribution in [-0.4, -0.2) is 22.0 Å². The fourth-order valence-electron chi connectivity index (χ4n) is 1.84. The number of carbonyl (C=O) groups is 2. The van der Waals surface area contributed by atoms with Crippen molar-refractivity contribution in [3.63, 3.8) is 0 Å². The smallest absolute Gasteiger partial charge is 0.312 e. The minimum atomic E-state index is -2.03. The maximum absolute atomic E-state index is 11.7. The Morgan fingerprint density at radius 2 is 1.59 bits per heavy atom. The lowest BCUT2D eigenvalue weighted by molar-refractivity contribution is -0.173. The van der Waals surface area contributed by atoms with Crippen LogP contribution in [0.15, 0.2) is 30.3 Å². The summed E-state index contributed by atoms with van der Waals surface area (Å²) < 4.78 is 0. The van der Waals surface area contributed by atoms with Crippen LogP contribution in [0.25, 0.3) is 0 Å². The van der Waals surface area contributed by atoms with Crippen molar-refractivity contribution in [1.82, 2.24) is 0 Å². The number of hydrogen-bond donors (Lipinski definition) is 2. The number of ketones is 1. The summed E-state index contributed by atoms with van der Waals surface area (Å²) >= 11 is 0. The maximum Gasteiger partial charge on any atom is 0.312 e. The van der Waals surface area contributed by atoms with Crippen LogP contribution in [0.2, 0.25) is 0 Å². The van der Waals surface area contributed by atoms with Crippen molar-refractivity contribution in [3.05, 3.63) is 35.9 Å². The van der Waals surface area contributed by atoms with E-state index in [1.165, 1.54) is 20.8 Å². The largest absolute Gasteiger partial charge is 0.481 e. The number of rotatable bonds is 4. The summed E-state index contributed by atoms with van der Waals surface area (Å²) in [6, 6.07) is 8.14. The number of benzene rings is 1. The number of carboxylic acid groups (broad SMARTS) is 1. The highest BCUT2D eigenvalue weighted by atomic mass is 16.4. The Hall–Kier alpha value is -1.68. The number of carbonyl (C=O) groups excluding carboxylic acids is 1. The third kappa shape index (κ3) is 1.96. The van der Waals surface area contributed by atoms with Crippen LogP contribution in [0.5, 0.6) is 0 Å². The van der Waals surface area contributed by atoms with Gasteiger partial charge in [0.2, 0.25) is 0 Å². The van der Waals surface area contributed by atoms with E-state index in [9.17, 15) is 19.8 Å². The predicted molar refractivity (Wildman–Crippen MR) is 62.4 cm³/mol. The Morgan fingerprint density at radius 3 is 1.94 bits per heavy atom. The molecule has 0 amide bonds. The summed E-state index contributed by atoms with van der Waals surface area (Å²) in [6.45, 7) is 3.87. The van der Waals surface area contributed by atoms with Crippen LogP contribution in [0.3, 0.4) is 0 Å². The fourth-order valence-corrected chi connectivity index (χ4v) is 1.84. The van der Waals surface area contributed by atoms with E-state index in [1.807, 2.05) is 0 Å². The van der Waals surface area contributed by atoms with Gasteiger partial charge in [0.1, 0.15) is 5.41 Å².